The molecule has 3 nitrogen and oxygen atoms in total. The quantitative estimate of drug-likeness (QED) is 0.806. The Morgan fingerprint density at radius 1 is 1.33 bits per heavy atom. The van der Waals surface area contributed by atoms with Crippen molar-refractivity contribution < 1.29 is 0 Å². The summed E-state index contributed by atoms with van der Waals surface area (Å²) in [6.45, 7) is 6.63. The first-order chi connectivity index (χ1) is 7.08. The monoisotopic (exact) mass is 205 g/mol. The molecule has 1 heterocycles. The Balaban J connectivity index is 2.06. The summed E-state index contributed by atoms with van der Waals surface area (Å²) < 4.78 is 0. The largest absolute Gasteiger partial charge is 0.351 e. The molecule has 15 heavy (non-hydrogen) atoms. The van der Waals surface area contributed by atoms with Crippen LogP contribution in [-0.2, 0) is 0 Å². The molecule has 3 heteroatoms. The van der Waals surface area contributed by atoms with Crippen LogP contribution in [-0.4, -0.2) is 16.0 Å². The normalized spacial score (nSPS) is 24.1. The summed E-state index contributed by atoms with van der Waals surface area (Å²) in [5.74, 6) is 0.764. The van der Waals surface area contributed by atoms with Gasteiger partial charge in [-0.05, 0) is 30.7 Å². The minimum atomic E-state index is 0.369. The van der Waals surface area contributed by atoms with E-state index in [1.54, 1.807) is 0 Å². The maximum absolute atomic E-state index is 4.29. The molecule has 1 aliphatic rings. The van der Waals surface area contributed by atoms with Crippen molar-refractivity contribution in [3.63, 3.8) is 0 Å². The highest BCUT2D eigenvalue weighted by molar-refractivity contribution is 5.27. The summed E-state index contributed by atoms with van der Waals surface area (Å²) >= 11 is 0. The number of anilines is 1. The molecule has 0 spiro atoms. The molecule has 0 amide bonds. The minimum Gasteiger partial charge on any atom is -0.351 e. The highest BCUT2D eigenvalue weighted by Gasteiger charge is 2.34. The van der Waals surface area contributed by atoms with E-state index in [1.807, 2.05) is 19.3 Å². The first-order valence-electron chi connectivity index (χ1n) is 5.63. The molecule has 0 radical (unpaired) electrons. The molecule has 1 unspecified atom stereocenters. The van der Waals surface area contributed by atoms with Gasteiger partial charge in [0.15, 0.2) is 0 Å². The number of aryl methyl sites for hydroxylation is 1. The summed E-state index contributed by atoms with van der Waals surface area (Å²) in [5.41, 5.74) is 1.47. The van der Waals surface area contributed by atoms with Crippen molar-refractivity contribution in [1.29, 1.82) is 0 Å². The van der Waals surface area contributed by atoms with Crippen LogP contribution in [0.5, 0.6) is 0 Å². The molecule has 0 saturated heterocycles. The van der Waals surface area contributed by atoms with Gasteiger partial charge in [-0.2, -0.15) is 0 Å². The van der Waals surface area contributed by atoms with E-state index >= 15 is 0 Å². The maximum atomic E-state index is 4.29. The second-order valence-electron chi connectivity index (χ2n) is 5.16. The Bertz CT molecular complexity index is 329. The van der Waals surface area contributed by atoms with Crippen LogP contribution in [0.1, 0.15) is 38.7 Å². The molecule has 1 fully saturated rings. The van der Waals surface area contributed by atoms with Gasteiger partial charge in [0.05, 0.1) is 0 Å². The van der Waals surface area contributed by atoms with E-state index in [2.05, 4.69) is 29.1 Å². The molecule has 0 bridgehead atoms. The highest BCUT2D eigenvalue weighted by Crippen LogP contribution is 2.38. The third-order valence-corrected chi connectivity index (χ3v) is 3.34. The predicted molar refractivity (Wildman–Crippen MR) is 61.8 cm³/mol. The Labute approximate surface area is 91.3 Å². The fourth-order valence-electron chi connectivity index (χ4n) is 2.22. The van der Waals surface area contributed by atoms with E-state index in [0.29, 0.717) is 11.5 Å². The summed E-state index contributed by atoms with van der Waals surface area (Å²) in [5, 5.41) is 3.44. The van der Waals surface area contributed by atoms with Crippen LogP contribution in [0.3, 0.4) is 0 Å². The minimum absolute atomic E-state index is 0.369. The first-order valence-corrected chi connectivity index (χ1v) is 5.63. The van der Waals surface area contributed by atoms with E-state index in [4.69, 9.17) is 0 Å². The number of rotatable bonds is 2. The smallest absolute Gasteiger partial charge is 0.222 e. The van der Waals surface area contributed by atoms with Crippen LogP contribution in [0.15, 0.2) is 12.4 Å². The zero-order chi connectivity index (χ0) is 10.9. The molecule has 0 aromatic carbocycles. The van der Waals surface area contributed by atoms with Crippen molar-refractivity contribution in [3.05, 3.63) is 18.0 Å². The molecule has 1 N–H and O–H groups in total. The average Bonchev–Trinajstić information content (AvgIpc) is 2.50. The van der Waals surface area contributed by atoms with Crippen LogP contribution < -0.4 is 5.32 Å². The van der Waals surface area contributed by atoms with Crippen molar-refractivity contribution in [3.8, 4) is 0 Å². The molecule has 82 valence electrons. The van der Waals surface area contributed by atoms with Gasteiger partial charge >= 0.3 is 0 Å². The standard InChI is InChI=1S/C12H19N3/c1-9-7-13-11(14-8-9)15-10-5-4-6-12(10,2)3/h7-8,10H,4-6H2,1-3H3,(H,13,14,15). The maximum Gasteiger partial charge on any atom is 0.222 e. The SMILES string of the molecule is Cc1cnc(NC2CCCC2(C)C)nc1. The van der Waals surface area contributed by atoms with Gasteiger partial charge in [-0.15, -0.1) is 0 Å². The Hall–Kier alpha value is -1.12. The van der Waals surface area contributed by atoms with Crippen molar-refractivity contribution in [2.45, 2.75) is 46.1 Å². The van der Waals surface area contributed by atoms with Gasteiger partial charge < -0.3 is 5.32 Å². The fourth-order valence-corrected chi connectivity index (χ4v) is 2.22. The van der Waals surface area contributed by atoms with Crippen LogP contribution in [0.2, 0.25) is 0 Å². The molecule has 1 atom stereocenters. The van der Waals surface area contributed by atoms with Gasteiger partial charge in [0, 0.05) is 18.4 Å². The van der Waals surface area contributed by atoms with Crippen LogP contribution in [0.25, 0.3) is 0 Å². The van der Waals surface area contributed by atoms with Crippen molar-refractivity contribution >= 4 is 5.95 Å². The highest BCUT2D eigenvalue weighted by atomic mass is 15.1. The van der Waals surface area contributed by atoms with Crippen LogP contribution in [0.4, 0.5) is 5.95 Å². The molecule has 1 aromatic rings. The first kappa shape index (κ1) is 10.4. The van der Waals surface area contributed by atoms with Gasteiger partial charge in [-0.1, -0.05) is 20.3 Å². The molecular weight excluding hydrogens is 186 g/mol. The van der Waals surface area contributed by atoms with E-state index < -0.39 is 0 Å². The third kappa shape index (κ3) is 2.28. The third-order valence-electron chi connectivity index (χ3n) is 3.34. The molecular formula is C12H19N3. The van der Waals surface area contributed by atoms with E-state index in [0.717, 1.165) is 11.5 Å². The summed E-state index contributed by atoms with van der Waals surface area (Å²) in [7, 11) is 0. The van der Waals surface area contributed by atoms with Gasteiger partial charge in [-0.25, -0.2) is 9.97 Å². The lowest BCUT2D eigenvalue weighted by atomic mass is 9.87. The van der Waals surface area contributed by atoms with Crippen LogP contribution >= 0.6 is 0 Å². The summed E-state index contributed by atoms with van der Waals surface area (Å²) in [4.78, 5) is 8.57. The van der Waals surface area contributed by atoms with Crippen molar-refractivity contribution in [1.82, 2.24) is 9.97 Å². The van der Waals surface area contributed by atoms with Crippen molar-refractivity contribution in [2.24, 2.45) is 5.41 Å². The number of hydrogen-bond donors (Lipinski definition) is 1. The zero-order valence-electron chi connectivity index (χ0n) is 9.75. The van der Waals surface area contributed by atoms with E-state index in [-0.39, 0.29) is 0 Å². The lowest BCUT2D eigenvalue weighted by Gasteiger charge is -2.27. The number of nitrogens with zero attached hydrogens (tertiary/aromatic N) is 2. The topological polar surface area (TPSA) is 37.8 Å². The summed E-state index contributed by atoms with van der Waals surface area (Å²) in [6, 6.07) is 0.514. The van der Waals surface area contributed by atoms with Gasteiger partial charge in [0.1, 0.15) is 0 Å². The molecule has 2 rings (SSSR count). The second-order valence-corrected chi connectivity index (χ2v) is 5.16. The van der Waals surface area contributed by atoms with E-state index in [1.165, 1.54) is 19.3 Å². The number of nitrogens with one attached hydrogen (secondary N) is 1. The van der Waals surface area contributed by atoms with E-state index in [9.17, 15) is 0 Å². The van der Waals surface area contributed by atoms with Gasteiger partial charge in [-0.3, -0.25) is 0 Å². The Morgan fingerprint density at radius 3 is 2.53 bits per heavy atom. The lowest BCUT2D eigenvalue weighted by Crippen LogP contribution is -2.31. The summed E-state index contributed by atoms with van der Waals surface area (Å²) in [6.07, 6.45) is 7.53. The molecule has 1 saturated carbocycles. The average molecular weight is 205 g/mol. The van der Waals surface area contributed by atoms with Gasteiger partial charge in [0.2, 0.25) is 5.95 Å². The predicted octanol–water partition coefficient (Wildman–Crippen LogP) is 2.78. The molecule has 1 aromatic heterocycles. The molecule has 0 aliphatic heterocycles. The van der Waals surface area contributed by atoms with Crippen LogP contribution in [0, 0.1) is 12.3 Å². The van der Waals surface area contributed by atoms with Crippen molar-refractivity contribution in [2.75, 3.05) is 5.32 Å². The Morgan fingerprint density at radius 2 is 2.00 bits per heavy atom. The lowest BCUT2D eigenvalue weighted by molar-refractivity contribution is 0.349. The fraction of sp³-hybridized carbons (Fsp3) is 0.667. The number of aromatic nitrogens is 2. The van der Waals surface area contributed by atoms with Gasteiger partial charge in [0.25, 0.3) is 0 Å². The molecule has 1 aliphatic carbocycles. The Kier molecular flexibility index (Phi) is 2.63. The second kappa shape index (κ2) is 3.80. The number of hydrogen-bond acceptors (Lipinski definition) is 3. The zero-order valence-corrected chi connectivity index (χ0v) is 9.75.